The zero-order valence-corrected chi connectivity index (χ0v) is 9.05. The Morgan fingerprint density at radius 2 is 1.92 bits per heavy atom. The number of carbonyl (C=O) groups excluding carboxylic acids is 1. The van der Waals surface area contributed by atoms with Crippen LogP contribution in [-0.4, -0.2) is 26.3 Å². The van der Waals surface area contributed by atoms with E-state index in [9.17, 15) is 4.79 Å². The molecule has 0 saturated carbocycles. The first kappa shape index (κ1) is 12.4. The van der Waals surface area contributed by atoms with Gasteiger partial charge in [0.05, 0.1) is 12.0 Å². The predicted octanol–water partition coefficient (Wildman–Crippen LogP) is 2.00. The summed E-state index contributed by atoms with van der Waals surface area (Å²) >= 11 is 0. The van der Waals surface area contributed by atoms with Gasteiger partial charge in [-0.05, 0) is 20.3 Å². The maximum absolute atomic E-state index is 11.5. The van der Waals surface area contributed by atoms with Crippen molar-refractivity contribution < 1.29 is 14.3 Å². The Kier molecular flexibility index (Phi) is 5.71. The standard InChI is InChI=1S/C10H20O3/c1-5-6-10(2,3)9(11)13-8-7-12-4/h5-8H2,1-4H3. The molecule has 0 amide bonds. The molecule has 0 N–H and O–H groups in total. The molecule has 3 nitrogen and oxygen atoms in total. The minimum absolute atomic E-state index is 0.133. The fourth-order valence-corrected chi connectivity index (χ4v) is 1.14. The zero-order valence-electron chi connectivity index (χ0n) is 9.05. The van der Waals surface area contributed by atoms with Crippen molar-refractivity contribution in [2.75, 3.05) is 20.3 Å². The molecule has 0 rings (SSSR count). The molecule has 0 aliphatic rings. The summed E-state index contributed by atoms with van der Waals surface area (Å²) < 4.78 is 9.82. The summed E-state index contributed by atoms with van der Waals surface area (Å²) in [6.45, 7) is 6.69. The molecule has 0 aromatic rings. The summed E-state index contributed by atoms with van der Waals surface area (Å²) in [6, 6.07) is 0. The van der Waals surface area contributed by atoms with E-state index in [0.717, 1.165) is 12.8 Å². The normalized spacial score (nSPS) is 11.4. The lowest BCUT2D eigenvalue weighted by atomic mass is 9.88. The quantitative estimate of drug-likeness (QED) is 0.472. The minimum atomic E-state index is -0.359. The van der Waals surface area contributed by atoms with E-state index >= 15 is 0 Å². The molecule has 0 radical (unpaired) electrons. The van der Waals surface area contributed by atoms with E-state index in [2.05, 4.69) is 6.92 Å². The molecule has 0 aromatic heterocycles. The SMILES string of the molecule is CCCC(C)(C)C(=O)OCCOC. The first-order valence-corrected chi connectivity index (χ1v) is 4.70. The van der Waals surface area contributed by atoms with Crippen LogP contribution in [0.1, 0.15) is 33.6 Å². The van der Waals surface area contributed by atoms with Crippen LogP contribution in [0.3, 0.4) is 0 Å². The highest BCUT2D eigenvalue weighted by molar-refractivity contribution is 5.75. The van der Waals surface area contributed by atoms with Crippen molar-refractivity contribution in [1.29, 1.82) is 0 Å². The summed E-state index contributed by atoms with van der Waals surface area (Å²) in [5.41, 5.74) is -0.359. The summed E-state index contributed by atoms with van der Waals surface area (Å²) in [5, 5.41) is 0. The molecule has 3 heteroatoms. The first-order valence-electron chi connectivity index (χ1n) is 4.70. The van der Waals surface area contributed by atoms with Crippen LogP contribution in [0.25, 0.3) is 0 Å². The maximum atomic E-state index is 11.5. The number of esters is 1. The van der Waals surface area contributed by atoms with Crippen molar-refractivity contribution in [1.82, 2.24) is 0 Å². The molecule has 0 aliphatic carbocycles. The molecule has 0 unspecified atom stereocenters. The molecular formula is C10H20O3. The fraction of sp³-hybridized carbons (Fsp3) is 0.900. The van der Waals surface area contributed by atoms with Crippen molar-refractivity contribution in [3.63, 3.8) is 0 Å². The van der Waals surface area contributed by atoms with Gasteiger partial charge >= 0.3 is 5.97 Å². The van der Waals surface area contributed by atoms with Gasteiger partial charge in [-0.15, -0.1) is 0 Å². The number of ether oxygens (including phenoxy) is 2. The monoisotopic (exact) mass is 188 g/mol. The summed E-state index contributed by atoms with van der Waals surface area (Å²) in [6.07, 6.45) is 1.85. The second kappa shape index (κ2) is 5.97. The molecule has 0 saturated heterocycles. The van der Waals surface area contributed by atoms with Gasteiger partial charge in [0.15, 0.2) is 0 Å². The molecule has 0 heterocycles. The van der Waals surface area contributed by atoms with Crippen LogP contribution in [0, 0.1) is 5.41 Å². The number of hydrogen-bond acceptors (Lipinski definition) is 3. The lowest BCUT2D eigenvalue weighted by Gasteiger charge is -2.21. The average Bonchev–Trinajstić information content (AvgIpc) is 2.04. The van der Waals surface area contributed by atoms with E-state index in [1.54, 1.807) is 7.11 Å². The van der Waals surface area contributed by atoms with Crippen molar-refractivity contribution in [3.05, 3.63) is 0 Å². The van der Waals surface area contributed by atoms with Crippen molar-refractivity contribution >= 4 is 5.97 Å². The largest absolute Gasteiger partial charge is 0.463 e. The second-order valence-corrected chi connectivity index (χ2v) is 3.76. The number of rotatable bonds is 6. The molecule has 0 aromatic carbocycles. The Balaban J connectivity index is 3.80. The third-order valence-electron chi connectivity index (χ3n) is 1.95. The molecule has 0 spiro atoms. The van der Waals surface area contributed by atoms with Gasteiger partial charge in [-0.25, -0.2) is 0 Å². The summed E-state index contributed by atoms with van der Waals surface area (Å²) in [7, 11) is 1.59. The summed E-state index contributed by atoms with van der Waals surface area (Å²) in [4.78, 5) is 11.5. The Bertz CT molecular complexity index is 152. The van der Waals surface area contributed by atoms with Gasteiger partial charge in [-0.1, -0.05) is 13.3 Å². The average molecular weight is 188 g/mol. The van der Waals surface area contributed by atoms with Crippen molar-refractivity contribution in [2.24, 2.45) is 5.41 Å². The molecule has 78 valence electrons. The highest BCUT2D eigenvalue weighted by Crippen LogP contribution is 2.23. The number of methoxy groups -OCH3 is 1. The topological polar surface area (TPSA) is 35.5 Å². The highest BCUT2D eigenvalue weighted by atomic mass is 16.6. The van der Waals surface area contributed by atoms with E-state index in [0.29, 0.717) is 13.2 Å². The third-order valence-corrected chi connectivity index (χ3v) is 1.95. The van der Waals surface area contributed by atoms with Gasteiger partial charge in [0.25, 0.3) is 0 Å². The van der Waals surface area contributed by atoms with E-state index in [4.69, 9.17) is 9.47 Å². The lowest BCUT2D eigenvalue weighted by molar-refractivity contribution is -0.155. The Labute approximate surface area is 80.4 Å². The molecule has 0 aliphatic heterocycles. The Morgan fingerprint density at radius 1 is 1.31 bits per heavy atom. The van der Waals surface area contributed by atoms with Gasteiger partial charge in [0, 0.05) is 7.11 Å². The van der Waals surface area contributed by atoms with Crippen molar-refractivity contribution in [2.45, 2.75) is 33.6 Å². The smallest absolute Gasteiger partial charge is 0.311 e. The van der Waals surface area contributed by atoms with Gasteiger partial charge < -0.3 is 9.47 Å². The molecule has 13 heavy (non-hydrogen) atoms. The lowest BCUT2D eigenvalue weighted by Crippen LogP contribution is -2.27. The Hall–Kier alpha value is -0.570. The minimum Gasteiger partial charge on any atom is -0.463 e. The molecule has 0 fully saturated rings. The maximum Gasteiger partial charge on any atom is 0.311 e. The van der Waals surface area contributed by atoms with Gasteiger partial charge in [0.2, 0.25) is 0 Å². The Morgan fingerprint density at radius 3 is 2.38 bits per heavy atom. The van der Waals surface area contributed by atoms with Crippen LogP contribution in [0.2, 0.25) is 0 Å². The molecular weight excluding hydrogens is 168 g/mol. The van der Waals surface area contributed by atoms with Crippen LogP contribution >= 0.6 is 0 Å². The van der Waals surface area contributed by atoms with Crippen LogP contribution in [0.4, 0.5) is 0 Å². The van der Waals surface area contributed by atoms with Gasteiger partial charge in [-0.2, -0.15) is 0 Å². The molecule has 0 bridgehead atoms. The van der Waals surface area contributed by atoms with E-state index in [-0.39, 0.29) is 11.4 Å². The first-order chi connectivity index (χ1) is 6.04. The van der Waals surface area contributed by atoms with E-state index < -0.39 is 0 Å². The van der Waals surface area contributed by atoms with E-state index in [1.165, 1.54) is 0 Å². The highest BCUT2D eigenvalue weighted by Gasteiger charge is 2.27. The molecule has 0 atom stereocenters. The number of hydrogen-bond donors (Lipinski definition) is 0. The fourth-order valence-electron chi connectivity index (χ4n) is 1.14. The summed E-state index contributed by atoms with van der Waals surface area (Å²) in [5.74, 6) is -0.133. The number of carbonyl (C=O) groups is 1. The van der Waals surface area contributed by atoms with Gasteiger partial charge in [-0.3, -0.25) is 4.79 Å². The van der Waals surface area contributed by atoms with Crippen LogP contribution in [0.15, 0.2) is 0 Å². The van der Waals surface area contributed by atoms with Gasteiger partial charge in [0.1, 0.15) is 6.61 Å². The predicted molar refractivity (Wildman–Crippen MR) is 51.5 cm³/mol. The van der Waals surface area contributed by atoms with Crippen molar-refractivity contribution in [3.8, 4) is 0 Å². The van der Waals surface area contributed by atoms with E-state index in [1.807, 2.05) is 13.8 Å². The van der Waals surface area contributed by atoms with Crippen LogP contribution in [-0.2, 0) is 14.3 Å². The van der Waals surface area contributed by atoms with Crippen LogP contribution < -0.4 is 0 Å². The second-order valence-electron chi connectivity index (χ2n) is 3.76. The third kappa shape index (κ3) is 4.88. The zero-order chi connectivity index (χ0) is 10.3. The van der Waals surface area contributed by atoms with Crippen LogP contribution in [0.5, 0.6) is 0 Å².